The molecule has 0 saturated carbocycles. The largest absolute Gasteiger partial charge is 0.392 e. The second-order valence-electron chi connectivity index (χ2n) is 4.89. The van der Waals surface area contributed by atoms with Crippen molar-refractivity contribution in [3.05, 3.63) is 47.1 Å². The number of urea groups is 1. The summed E-state index contributed by atoms with van der Waals surface area (Å²) < 4.78 is 4.93. The minimum Gasteiger partial charge on any atom is -0.392 e. The lowest BCUT2D eigenvalue weighted by Crippen LogP contribution is -2.38. The number of hydrogen-bond donors (Lipinski definition) is 3. The first-order chi connectivity index (χ1) is 10.6. The van der Waals surface area contributed by atoms with Gasteiger partial charge in [0.2, 0.25) is 5.89 Å². The molecule has 3 N–H and O–H groups in total. The van der Waals surface area contributed by atoms with Crippen LogP contribution >= 0.6 is 0 Å². The third-order valence-electron chi connectivity index (χ3n) is 3.30. The van der Waals surface area contributed by atoms with Crippen LogP contribution in [0, 0.1) is 6.92 Å². The fourth-order valence-corrected chi connectivity index (χ4v) is 2.07. The SMILES string of the molecule is CCC(NC(=O)NCc1ccccc1CO)c1noc(C)n1. The predicted molar refractivity (Wildman–Crippen MR) is 79.8 cm³/mol. The quantitative estimate of drug-likeness (QED) is 0.756. The summed E-state index contributed by atoms with van der Waals surface area (Å²) in [6.45, 7) is 3.91. The molecule has 0 aliphatic carbocycles. The Balaban J connectivity index is 1.92. The minimum absolute atomic E-state index is 0.0564. The van der Waals surface area contributed by atoms with E-state index in [1.807, 2.05) is 31.2 Å². The van der Waals surface area contributed by atoms with Crippen molar-refractivity contribution in [3.8, 4) is 0 Å². The van der Waals surface area contributed by atoms with Gasteiger partial charge in [0, 0.05) is 13.5 Å². The molecule has 0 aliphatic heterocycles. The zero-order chi connectivity index (χ0) is 15.9. The number of aryl methyl sites for hydroxylation is 1. The zero-order valence-electron chi connectivity index (χ0n) is 12.7. The van der Waals surface area contributed by atoms with Gasteiger partial charge >= 0.3 is 6.03 Å². The molecule has 1 atom stereocenters. The smallest absolute Gasteiger partial charge is 0.315 e. The molecule has 0 radical (unpaired) electrons. The average Bonchev–Trinajstić information content (AvgIpc) is 2.97. The number of rotatable bonds is 6. The van der Waals surface area contributed by atoms with Crippen LogP contribution in [-0.2, 0) is 13.2 Å². The summed E-state index contributed by atoms with van der Waals surface area (Å²) in [6.07, 6.45) is 0.652. The van der Waals surface area contributed by atoms with Crippen molar-refractivity contribution >= 4 is 6.03 Å². The first kappa shape index (κ1) is 16.0. The molecule has 1 unspecified atom stereocenters. The summed E-state index contributed by atoms with van der Waals surface area (Å²) in [5.74, 6) is 0.929. The number of amides is 2. The fraction of sp³-hybridized carbons (Fsp3) is 0.400. The van der Waals surface area contributed by atoms with Crippen LogP contribution in [-0.4, -0.2) is 21.3 Å². The third kappa shape index (κ3) is 4.05. The van der Waals surface area contributed by atoms with Gasteiger partial charge in [-0.05, 0) is 17.5 Å². The van der Waals surface area contributed by atoms with E-state index in [0.29, 0.717) is 24.7 Å². The van der Waals surface area contributed by atoms with Gasteiger partial charge in [0.25, 0.3) is 0 Å². The van der Waals surface area contributed by atoms with E-state index in [1.54, 1.807) is 6.92 Å². The van der Waals surface area contributed by atoms with Crippen LogP contribution in [0.5, 0.6) is 0 Å². The Labute approximate surface area is 128 Å². The molecule has 7 nitrogen and oxygen atoms in total. The molecule has 1 heterocycles. The van der Waals surface area contributed by atoms with Crippen LogP contribution < -0.4 is 10.6 Å². The van der Waals surface area contributed by atoms with E-state index in [9.17, 15) is 9.90 Å². The van der Waals surface area contributed by atoms with Gasteiger partial charge in [0.05, 0.1) is 12.6 Å². The lowest BCUT2D eigenvalue weighted by molar-refractivity contribution is 0.235. The molecule has 7 heteroatoms. The van der Waals surface area contributed by atoms with Crippen molar-refractivity contribution in [1.82, 2.24) is 20.8 Å². The lowest BCUT2D eigenvalue weighted by Gasteiger charge is -2.14. The van der Waals surface area contributed by atoms with Crippen LogP contribution in [0.4, 0.5) is 4.79 Å². The van der Waals surface area contributed by atoms with Gasteiger partial charge in [0.15, 0.2) is 5.82 Å². The molecule has 0 fully saturated rings. The third-order valence-corrected chi connectivity index (χ3v) is 3.30. The Hall–Kier alpha value is -2.41. The van der Waals surface area contributed by atoms with E-state index in [-0.39, 0.29) is 18.7 Å². The van der Waals surface area contributed by atoms with E-state index in [0.717, 1.165) is 11.1 Å². The number of aliphatic hydroxyl groups excluding tert-OH is 1. The molecule has 1 aromatic heterocycles. The van der Waals surface area contributed by atoms with Crippen molar-refractivity contribution in [3.63, 3.8) is 0 Å². The summed E-state index contributed by atoms with van der Waals surface area (Å²) in [5, 5.41) is 18.7. The Morgan fingerprint density at radius 1 is 1.36 bits per heavy atom. The van der Waals surface area contributed by atoms with Crippen LogP contribution in [0.1, 0.15) is 42.2 Å². The van der Waals surface area contributed by atoms with Crippen LogP contribution in [0.15, 0.2) is 28.8 Å². The molecule has 2 rings (SSSR count). The van der Waals surface area contributed by atoms with Crippen LogP contribution in [0.2, 0.25) is 0 Å². The maximum absolute atomic E-state index is 12.0. The molecule has 0 saturated heterocycles. The molecular weight excluding hydrogens is 284 g/mol. The number of aromatic nitrogens is 2. The summed E-state index contributed by atoms with van der Waals surface area (Å²) in [6, 6.07) is 6.79. The van der Waals surface area contributed by atoms with Gasteiger partial charge in [0.1, 0.15) is 0 Å². The van der Waals surface area contributed by atoms with Crippen molar-refractivity contribution in [2.45, 2.75) is 39.5 Å². The highest BCUT2D eigenvalue weighted by atomic mass is 16.5. The van der Waals surface area contributed by atoms with Gasteiger partial charge in [-0.1, -0.05) is 36.3 Å². The van der Waals surface area contributed by atoms with Gasteiger partial charge in [-0.25, -0.2) is 4.79 Å². The Kier molecular flexibility index (Phi) is 5.48. The summed E-state index contributed by atoms with van der Waals surface area (Å²) >= 11 is 0. The average molecular weight is 304 g/mol. The number of nitrogens with one attached hydrogen (secondary N) is 2. The highest BCUT2D eigenvalue weighted by Crippen LogP contribution is 2.13. The molecule has 2 aromatic rings. The Morgan fingerprint density at radius 2 is 2.09 bits per heavy atom. The van der Waals surface area contributed by atoms with E-state index >= 15 is 0 Å². The van der Waals surface area contributed by atoms with E-state index in [4.69, 9.17) is 4.52 Å². The standard InChI is InChI=1S/C15H20N4O3/c1-3-13(14-17-10(2)22-19-14)18-15(21)16-8-11-6-4-5-7-12(11)9-20/h4-7,13,20H,3,8-9H2,1-2H3,(H2,16,18,21). The molecule has 0 bridgehead atoms. The molecule has 0 aliphatic rings. The topological polar surface area (TPSA) is 100 Å². The minimum atomic E-state index is -0.318. The number of nitrogens with zero attached hydrogens (tertiary/aromatic N) is 2. The van der Waals surface area contributed by atoms with E-state index in [2.05, 4.69) is 20.8 Å². The first-order valence-electron chi connectivity index (χ1n) is 7.16. The lowest BCUT2D eigenvalue weighted by atomic mass is 10.1. The van der Waals surface area contributed by atoms with Crippen molar-refractivity contribution in [2.24, 2.45) is 0 Å². The van der Waals surface area contributed by atoms with Gasteiger partial charge in [-0.15, -0.1) is 0 Å². The maximum Gasteiger partial charge on any atom is 0.315 e. The number of aliphatic hydroxyl groups is 1. The fourth-order valence-electron chi connectivity index (χ4n) is 2.07. The summed E-state index contributed by atoms with van der Waals surface area (Å²) in [7, 11) is 0. The van der Waals surface area contributed by atoms with Gasteiger partial charge in [-0.3, -0.25) is 0 Å². The summed E-state index contributed by atoms with van der Waals surface area (Å²) in [5.41, 5.74) is 1.67. The number of carbonyl (C=O) groups excluding carboxylic acids is 1. The van der Waals surface area contributed by atoms with E-state index in [1.165, 1.54) is 0 Å². The molecule has 118 valence electrons. The van der Waals surface area contributed by atoms with Crippen LogP contribution in [0.3, 0.4) is 0 Å². The number of benzene rings is 1. The predicted octanol–water partition coefficient (Wildman–Crippen LogP) is 1.82. The number of hydrogen-bond acceptors (Lipinski definition) is 5. The monoisotopic (exact) mass is 304 g/mol. The van der Waals surface area contributed by atoms with Crippen molar-refractivity contribution < 1.29 is 14.4 Å². The molecule has 1 aromatic carbocycles. The molecule has 0 spiro atoms. The van der Waals surface area contributed by atoms with Gasteiger partial charge < -0.3 is 20.3 Å². The zero-order valence-corrected chi connectivity index (χ0v) is 12.7. The van der Waals surface area contributed by atoms with Gasteiger partial charge in [-0.2, -0.15) is 4.98 Å². The maximum atomic E-state index is 12.0. The highest BCUT2D eigenvalue weighted by molar-refractivity contribution is 5.74. The Bertz CT molecular complexity index is 627. The Morgan fingerprint density at radius 3 is 2.68 bits per heavy atom. The first-order valence-corrected chi connectivity index (χ1v) is 7.16. The molecule has 2 amide bonds. The number of carbonyl (C=O) groups is 1. The summed E-state index contributed by atoms with van der Waals surface area (Å²) in [4.78, 5) is 16.1. The second-order valence-corrected chi connectivity index (χ2v) is 4.89. The van der Waals surface area contributed by atoms with Crippen molar-refractivity contribution in [1.29, 1.82) is 0 Å². The highest BCUT2D eigenvalue weighted by Gasteiger charge is 2.17. The molecular formula is C15H20N4O3. The second kappa shape index (κ2) is 7.56. The van der Waals surface area contributed by atoms with Crippen LogP contribution in [0.25, 0.3) is 0 Å². The normalized spacial score (nSPS) is 12.0. The van der Waals surface area contributed by atoms with E-state index < -0.39 is 0 Å². The molecule has 22 heavy (non-hydrogen) atoms. The van der Waals surface area contributed by atoms with Crippen molar-refractivity contribution in [2.75, 3.05) is 0 Å².